The number of phenols is 1. The monoisotopic (exact) mass is 574 g/mol. The molecule has 5 aromatic rings. The van der Waals surface area contributed by atoms with Crippen molar-refractivity contribution >= 4 is 22.8 Å². The Bertz CT molecular complexity index is 1750. The van der Waals surface area contributed by atoms with E-state index >= 15 is 0 Å². The van der Waals surface area contributed by atoms with Crippen molar-refractivity contribution in [2.45, 2.75) is 18.8 Å². The summed E-state index contributed by atoms with van der Waals surface area (Å²) in [6.45, 7) is 1.78. The number of phenolic OH excluding ortho intramolecular Hbond substituents is 1. The number of benzene rings is 4. The number of morpholine rings is 1. The molecule has 0 saturated carbocycles. The Balaban J connectivity index is 1.04. The first-order valence-corrected chi connectivity index (χ1v) is 14.3. The van der Waals surface area contributed by atoms with Crippen LogP contribution in [0.15, 0.2) is 97.1 Å². The van der Waals surface area contributed by atoms with Crippen molar-refractivity contribution in [3.8, 4) is 22.9 Å². The quantitative estimate of drug-likeness (QED) is 0.299. The third-order valence-corrected chi connectivity index (χ3v) is 8.09. The van der Waals surface area contributed by atoms with E-state index in [1.54, 1.807) is 34.1 Å². The van der Waals surface area contributed by atoms with Gasteiger partial charge in [-0.05, 0) is 48.0 Å². The molecule has 2 atom stereocenters. The normalized spacial score (nSPS) is 18.0. The average Bonchev–Trinajstić information content (AvgIpc) is 3.69. The zero-order valence-electron chi connectivity index (χ0n) is 23.3. The van der Waals surface area contributed by atoms with Gasteiger partial charge in [-0.25, -0.2) is 4.98 Å². The summed E-state index contributed by atoms with van der Waals surface area (Å²) in [5.41, 5.74) is 4.44. The van der Waals surface area contributed by atoms with Gasteiger partial charge in [-0.1, -0.05) is 54.6 Å². The molecule has 0 aliphatic carbocycles. The number of amides is 2. The van der Waals surface area contributed by atoms with Gasteiger partial charge in [-0.15, -0.1) is 0 Å². The number of hydrogen-bond acceptors (Lipinski definition) is 6. The SMILES string of the molecule is O=C(c1ccc(-c2nc3ccccc3[nH]2)cc1)N1C[C@H]2OCCN(C(=O)c3cc(OCc4ccccc4)ccc3O)[C@H]2C1. The molecule has 2 fully saturated rings. The summed E-state index contributed by atoms with van der Waals surface area (Å²) >= 11 is 0. The van der Waals surface area contributed by atoms with Crippen LogP contribution in [0.2, 0.25) is 0 Å². The van der Waals surface area contributed by atoms with Gasteiger partial charge in [-0.3, -0.25) is 9.59 Å². The van der Waals surface area contributed by atoms with E-state index in [2.05, 4.69) is 9.97 Å². The van der Waals surface area contributed by atoms with E-state index in [0.717, 1.165) is 28.0 Å². The fourth-order valence-corrected chi connectivity index (χ4v) is 5.82. The van der Waals surface area contributed by atoms with Gasteiger partial charge in [0, 0.05) is 30.8 Å². The topological polar surface area (TPSA) is 108 Å². The number of carbonyl (C=O) groups is 2. The minimum atomic E-state index is -0.326. The number of rotatable bonds is 6. The maximum Gasteiger partial charge on any atom is 0.258 e. The van der Waals surface area contributed by atoms with Crippen LogP contribution < -0.4 is 4.74 Å². The van der Waals surface area contributed by atoms with Crippen LogP contribution in [-0.4, -0.2) is 75.1 Å². The Kier molecular flexibility index (Phi) is 7.00. The molecule has 216 valence electrons. The number of hydrogen-bond donors (Lipinski definition) is 2. The summed E-state index contributed by atoms with van der Waals surface area (Å²) in [4.78, 5) is 38.6. The first-order chi connectivity index (χ1) is 21.0. The number of aromatic hydroxyl groups is 1. The van der Waals surface area contributed by atoms with Crippen LogP contribution >= 0.6 is 0 Å². The minimum absolute atomic E-state index is 0.115. The number of H-pyrrole nitrogens is 1. The van der Waals surface area contributed by atoms with Crippen molar-refractivity contribution in [3.63, 3.8) is 0 Å². The highest BCUT2D eigenvalue weighted by atomic mass is 16.5. The maximum absolute atomic E-state index is 13.7. The summed E-state index contributed by atoms with van der Waals surface area (Å²) in [6.07, 6.45) is -0.309. The summed E-state index contributed by atoms with van der Waals surface area (Å²) in [6, 6.07) is 29.3. The summed E-state index contributed by atoms with van der Waals surface area (Å²) in [5.74, 6) is 0.679. The Morgan fingerprint density at radius 2 is 1.72 bits per heavy atom. The third kappa shape index (κ3) is 5.30. The molecule has 2 N–H and O–H groups in total. The molecule has 9 nitrogen and oxygen atoms in total. The number of nitrogens with one attached hydrogen (secondary N) is 1. The van der Waals surface area contributed by atoms with Crippen LogP contribution in [0.4, 0.5) is 0 Å². The van der Waals surface area contributed by atoms with Gasteiger partial charge in [0.15, 0.2) is 0 Å². The van der Waals surface area contributed by atoms with Crippen molar-refractivity contribution in [1.29, 1.82) is 0 Å². The van der Waals surface area contributed by atoms with Crippen molar-refractivity contribution in [2.75, 3.05) is 26.2 Å². The molecular weight excluding hydrogens is 544 g/mol. The minimum Gasteiger partial charge on any atom is -0.507 e. The molecule has 0 bridgehead atoms. The lowest BCUT2D eigenvalue weighted by atomic mass is 10.1. The third-order valence-electron chi connectivity index (χ3n) is 8.09. The number of carbonyl (C=O) groups excluding carboxylic acids is 2. The summed E-state index contributed by atoms with van der Waals surface area (Å²) < 4.78 is 11.9. The van der Waals surface area contributed by atoms with Gasteiger partial charge >= 0.3 is 0 Å². The first kappa shape index (κ1) is 26.7. The number of ether oxygens (including phenoxy) is 2. The Labute approximate surface area is 248 Å². The number of fused-ring (bicyclic) bond motifs is 2. The molecule has 4 aromatic carbocycles. The zero-order valence-corrected chi connectivity index (χ0v) is 23.3. The molecule has 7 rings (SSSR count). The molecule has 2 saturated heterocycles. The van der Waals surface area contributed by atoms with Gasteiger partial charge in [0.05, 0.1) is 35.3 Å². The number of nitrogens with zero attached hydrogens (tertiary/aromatic N) is 3. The van der Waals surface area contributed by atoms with Crippen molar-refractivity contribution < 1.29 is 24.2 Å². The van der Waals surface area contributed by atoms with Crippen LogP contribution in [0.1, 0.15) is 26.3 Å². The standard InChI is InChI=1S/C34H30N4O5/c39-30-15-14-25(43-21-22-6-2-1-3-7-22)18-26(30)34(41)38-16-17-42-31-20-37(19-29(31)38)33(40)24-12-10-23(11-13-24)32-35-27-8-4-5-9-28(27)36-32/h1-15,18,29,31,39H,16-17,19-21H2,(H,35,36)/t29-,31+/m0/s1. The van der Waals surface area contributed by atoms with E-state index in [1.165, 1.54) is 6.07 Å². The first-order valence-electron chi connectivity index (χ1n) is 14.3. The fraction of sp³-hybridized carbons (Fsp3) is 0.206. The lowest BCUT2D eigenvalue weighted by Gasteiger charge is -2.36. The molecule has 2 amide bonds. The Morgan fingerprint density at radius 1 is 0.930 bits per heavy atom. The largest absolute Gasteiger partial charge is 0.507 e. The molecular formula is C34H30N4O5. The van der Waals surface area contributed by atoms with Gasteiger partial charge in [0.1, 0.15) is 23.9 Å². The van der Waals surface area contributed by atoms with Gasteiger partial charge in [0.25, 0.3) is 11.8 Å². The number of aromatic nitrogens is 2. The van der Waals surface area contributed by atoms with Gasteiger partial charge in [-0.2, -0.15) is 0 Å². The molecule has 0 spiro atoms. The van der Waals surface area contributed by atoms with E-state index in [9.17, 15) is 14.7 Å². The van der Waals surface area contributed by atoms with E-state index in [-0.39, 0.29) is 35.3 Å². The zero-order chi connectivity index (χ0) is 29.3. The lowest BCUT2D eigenvalue weighted by Crippen LogP contribution is -2.53. The number of imidazole rings is 1. The number of para-hydroxylation sites is 2. The van der Waals surface area contributed by atoms with Crippen molar-refractivity contribution in [2.24, 2.45) is 0 Å². The molecule has 2 aliphatic rings. The summed E-state index contributed by atoms with van der Waals surface area (Å²) in [7, 11) is 0. The van der Waals surface area contributed by atoms with Crippen LogP contribution in [0.25, 0.3) is 22.4 Å². The molecule has 2 aliphatic heterocycles. The predicted octanol–water partition coefficient (Wildman–Crippen LogP) is 4.88. The van der Waals surface area contributed by atoms with E-state index in [1.807, 2.05) is 66.7 Å². The van der Waals surface area contributed by atoms with Crippen molar-refractivity contribution in [1.82, 2.24) is 19.8 Å². The molecule has 0 radical (unpaired) electrons. The highest BCUT2D eigenvalue weighted by molar-refractivity contribution is 5.98. The second-order valence-electron chi connectivity index (χ2n) is 10.8. The average molecular weight is 575 g/mol. The lowest BCUT2D eigenvalue weighted by molar-refractivity contribution is -0.0370. The van der Waals surface area contributed by atoms with Gasteiger partial charge < -0.3 is 29.4 Å². The molecule has 9 heteroatoms. The maximum atomic E-state index is 13.7. The summed E-state index contributed by atoms with van der Waals surface area (Å²) in [5, 5.41) is 10.6. The van der Waals surface area contributed by atoms with Crippen LogP contribution in [0.3, 0.4) is 0 Å². The molecule has 0 unspecified atom stereocenters. The van der Waals surface area contributed by atoms with E-state index in [0.29, 0.717) is 44.2 Å². The van der Waals surface area contributed by atoms with Crippen LogP contribution in [0.5, 0.6) is 11.5 Å². The van der Waals surface area contributed by atoms with Crippen LogP contribution in [-0.2, 0) is 11.3 Å². The second kappa shape index (κ2) is 11.3. The van der Waals surface area contributed by atoms with E-state index < -0.39 is 0 Å². The van der Waals surface area contributed by atoms with Gasteiger partial charge in [0.2, 0.25) is 0 Å². The highest BCUT2D eigenvalue weighted by Crippen LogP contribution is 2.30. The molecule has 3 heterocycles. The van der Waals surface area contributed by atoms with Crippen molar-refractivity contribution in [3.05, 3.63) is 114 Å². The van der Waals surface area contributed by atoms with Crippen LogP contribution in [0, 0.1) is 0 Å². The van der Waals surface area contributed by atoms with E-state index in [4.69, 9.17) is 9.47 Å². The highest BCUT2D eigenvalue weighted by Gasteiger charge is 2.44. The predicted molar refractivity (Wildman–Crippen MR) is 161 cm³/mol. The fourth-order valence-electron chi connectivity index (χ4n) is 5.82. The smallest absolute Gasteiger partial charge is 0.258 e. The second-order valence-corrected chi connectivity index (χ2v) is 10.8. The molecule has 43 heavy (non-hydrogen) atoms. The molecule has 1 aromatic heterocycles. The Hall–Kier alpha value is -5.15. The number of likely N-dealkylation sites (tertiary alicyclic amines) is 1. The Morgan fingerprint density at radius 3 is 2.53 bits per heavy atom. The number of aromatic amines is 1.